The molecular weight excluding hydrogens is 252 g/mol. The van der Waals surface area contributed by atoms with E-state index in [9.17, 15) is 0 Å². The summed E-state index contributed by atoms with van der Waals surface area (Å²) in [5.74, 6) is 1.72. The van der Waals surface area contributed by atoms with Crippen LogP contribution in [0.25, 0.3) is 0 Å². The van der Waals surface area contributed by atoms with Gasteiger partial charge in [0.15, 0.2) is 0 Å². The predicted molar refractivity (Wildman–Crippen MR) is 77.8 cm³/mol. The van der Waals surface area contributed by atoms with Crippen molar-refractivity contribution in [2.24, 2.45) is 5.41 Å². The van der Waals surface area contributed by atoms with Crippen LogP contribution in [0.5, 0.6) is 11.5 Å². The largest absolute Gasteiger partial charge is 0.497 e. The minimum Gasteiger partial charge on any atom is -0.497 e. The van der Waals surface area contributed by atoms with Crippen LogP contribution in [-0.4, -0.2) is 20.3 Å². The van der Waals surface area contributed by atoms with Gasteiger partial charge in [0.2, 0.25) is 0 Å². The van der Waals surface area contributed by atoms with Crippen molar-refractivity contribution in [2.45, 2.75) is 32.7 Å². The Bertz CT molecular complexity index is 490. The molecule has 1 aliphatic rings. The van der Waals surface area contributed by atoms with E-state index in [2.05, 4.69) is 18.3 Å². The summed E-state index contributed by atoms with van der Waals surface area (Å²) in [4.78, 5) is 0. The number of nitrogens with zero attached hydrogens (tertiary/aromatic N) is 1. The van der Waals surface area contributed by atoms with Gasteiger partial charge in [-0.15, -0.1) is 0 Å². The number of hydrogen-bond acceptors (Lipinski definition) is 4. The Morgan fingerprint density at radius 1 is 1.40 bits per heavy atom. The molecule has 1 aromatic rings. The molecule has 0 radical (unpaired) electrons. The highest BCUT2D eigenvalue weighted by atomic mass is 16.5. The van der Waals surface area contributed by atoms with E-state index < -0.39 is 0 Å². The van der Waals surface area contributed by atoms with Gasteiger partial charge in [0.05, 0.1) is 19.8 Å². The molecule has 0 saturated heterocycles. The molecule has 0 amide bonds. The monoisotopic (exact) mass is 274 g/mol. The van der Waals surface area contributed by atoms with Crippen molar-refractivity contribution in [3.8, 4) is 17.6 Å². The standard InChI is InChI=1S/C16H22N2O2/c1-3-18-11-13-10-14(19-2)4-5-15(13)20-12-16(6-7-16)8-9-17/h4-5,10,18H,3,6-8,11-12H2,1-2H3. The fourth-order valence-electron chi connectivity index (χ4n) is 2.17. The van der Waals surface area contributed by atoms with Gasteiger partial charge in [-0.25, -0.2) is 0 Å². The van der Waals surface area contributed by atoms with Gasteiger partial charge in [-0.05, 0) is 37.6 Å². The van der Waals surface area contributed by atoms with E-state index in [-0.39, 0.29) is 5.41 Å². The van der Waals surface area contributed by atoms with Gasteiger partial charge in [-0.3, -0.25) is 0 Å². The molecule has 20 heavy (non-hydrogen) atoms. The molecular formula is C16H22N2O2. The second kappa shape index (κ2) is 6.62. The molecule has 0 heterocycles. The van der Waals surface area contributed by atoms with Gasteiger partial charge in [-0.1, -0.05) is 6.92 Å². The van der Waals surface area contributed by atoms with E-state index >= 15 is 0 Å². The van der Waals surface area contributed by atoms with Crippen LogP contribution in [0.2, 0.25) is 0 Å². The maximum absolute atomic E-state index is 8.85. The van der Waals surface area contributed by atoms with Crippen molar-refractivity contribution in [1.29, 1.82) is 5.26 Å². The lowest BCUT2D eigenvalue weighted by molar-refractivity contribution is 0.234. The lowest BCUT2D eigenvalue weighted by Crippen LogP contribution is -2.16. The summed E-state index contributed by atoms with van der Waals surface area (Å²) < 4.78 is 11.2. The smallest absolute Gasteiger partial charge is 0.124 e. The first kappa shape index (κ1) is 14.7. The predicted octanol–water partition coefficient (Wildman–Crippen LogP) is 2.88. The molecule has 0 aliphatic heterocycles. The number of benzene rings is 1. The minimum absolute atomic E-state index is 0.101. The third kappa shape index (κ3) is 3.64. The molecule has 108 valence electrons. The first-order valence-electron chi connectivity index (χ1n) is 7.10. The fraction of sp³-hybridized carbons (Fsp3) is 0.562. The van der Waals surface area contributed by atoms with Gasteiger partial charge < -0.3 is 14.8 Å². The summed E-state index contributed by atoms with van der Waals surface area (Å²) in [6.07, 6.45) is 2.78. The van der Waals surface area contributed by atoms with E-state index in [1.165, 1.54) is 0 Å². The molecule has 1 fully saturated rings. The van der Waals surface area contributed by atoms with Gasteiger partial charge >= 0.3 is 0 Å². The van der Waals surface area contributed by atoms with E-state index in [0.29, 0.717) is 13.0 Å². The minimum atomic E-state index is 0.101. The zero-order valence-electron chi connectivity index (χ0n) is 12.2. The van der Waals surface area contributed by atoms with Gasteiger partial charge in [0.1, 0.15) is 11.5 Å². The maximum atomic E-state index is 8.85. The van der Waals surface area contributed by atoms with Crippen LogP contribution in [0.4, 0.5) is 0 Å². The molecule has 1 aromatic carbocycles. The maximum Gasteiger partial charge on any atom is 0.124 e. The van der Waals surface area contributed by atoms with E-state index in [1.807, 2.05) is 18.2 Å². The average molecular weight is 274 g/mol. The van der Waals surface area contributed by atoms with Crippen LogP contribution in [-0.2, 0) is 6.54 Å². The van der Waals surface area contributed by atoms with Crippen LogP contribution in [0.3, 0.4) is 0 Å². The topological polar surface area (TPSA) is 54.3 Å². The Balaban J connectivity index is 2.04. The second-order valence-corrected chi connectivity index (χ2v) is 5.38. The summed E-state index contributed by atoms with van der Waals surface area (Å²) in [6, 6.07) is 8.13. The van der Waals surface area contributed by atoms with E-state index in [1.54, 1.807) is 7.11 Å². The van der Waals surface area contributed by atoms with E-state index in [4.69, 9.17) is 14.7 Å². The quantitative estimate of drug-likeness (QED) is 0.792. The third-order valence-electron chi connectivity index (χ3n) is 3.78. The Hall–Kier alpha value is -1.73. The highest BCUT2D eigenvalue weighted by molar-refractivity contribution is 5.40. The van der Waals surface area contributed by atoms with Crippen molar-refractivity contribution in [2.75, 3.05) is 20.3 Å². The highest BCUT2D eigenvalue weighted by Crippen LogP contribution is 2.48. The summed E-state index contributed by atoms with van der Waals surface area (Å²) in [7, 11) is 1.67. The molecule has 2 rings (SSSR count). The first-order chi connectivity index (χ1) is 9.73. The number of nitrogens with one attached hydrogen (secondary N) is 1. The van der Waals surface area contributed by atoms with Crippen LogP contribution in [0.15, 0.2) is 18.2 Å². The average Bonchev–Trinajstić information content (AvgIpc) is 3.23. The number of hydrogen-bond donors (Lipinski definition) is 1. The molecule has 4 nitrogen and oxygen atoms in total. The zero-order chi connectivity index (χ0) is 14.4. The Labute approximate surface area is 120 Å². The van der Waals surface area contributed by atoms with Crippen molar-refractivity contribution < 1.29 is 9.47 Å². The fourth-order valence-corrected chi connectivity index (χ4v) is 2.17. The molecule has 1 saturated carbocycles. The summed E-state index contributed by atoms with van der Waals surface area (Å²) in [5, 5.41) is 12.2. The normalized spacial score (nSPS) is 15.4. The Morgan fingerprint density at radius 2 is 2.20 bits per heavy atom. The van der Waals surface area contributed by atoms with Crippen LogP contribution in [0.1, 0.15) is 31.7 Å². The van der Waals surface area contributed by atoms with Gasteiger partial charge in [0, 0.05) is 23.9 Å². The van der Waals surface area contributed by atoms with Crippen LogP contribution < -0.4 is 14.8 Å². The Morgan fingerprint density at radius 3 is 2.80 bits per heavy atom. The molecule has 0 spiro atoms. The van der Waals surface area contributed by atoms with Crippen LogP contribution in [0, 0.1) is 16.7 Å². The van der Waals surface area contributed by atoms with Crippen molar-refractivity contribution in [3.05, 3.63) is 23.8 Å². The molecule has 1 aliphatic carbocycles. The summed E-state index contributed by atoms with van der Waals surface area (Å²) in [5.41, 5.74) is 1.20. The number of rotatable bonds is 8. The Kier molecular flexibility index (Phi) is 4.86. The number of methoxy groups -OCH3 is 1. The third-order valence-corrected chi connectivity index (χ3v) is 3.78. The van der Waals surface area contributed by atoms with Crippen molar-refractivity contribution in [3.63, 3.8) is 0 Å². The molecule has 0 unspecified atom stereocenters. The van der Waals surface area contributed by atoms with Crippen molar-refractivity contribution >= 4 is 0 Å². The first-order valence-corrected chi connectivity index (χ1v) is 7.10. The van der Waals surface area contributed by atoms with Crippen LogP contribution >= 0.6 is 0 Å². The van der Waals surface area contributed by atoms with Gasteiger partial charge in [-0.2, -0.15) is 5.26 Å². The summed E-state index contributed by atoms with van der Waals surface area (Å²) >= 11 is 0. The molecule has 0 atom stereocenters. The zero-order valence-corrected chi connectivity index (χ0v) is 12.2. The number of ether oxygens (including phenoxy) is 2. The number of nitriles is 1. The summed E-state index contributed by atoms with van der Waals surface area (Å²) in [6.45, 7) is 4.38. The SMILES string of the molecule is CCNCc1cc(OC)ccc1OCC1(CC#N)CC1. The van der Waals surface area contributed by atoms with Crippen molar-refractivity contribution in [1.82, 2.24) is 5.32 Å². The lowest BCUT2D eigenvalue weighted by atomic mass is 10.1. The molecule has 4 heteroatoms. The lowest BCUT2D eigenvalue weighted by Gasteiger charge is -2.16. The van der Waals surface area contributed by atoms with Gasteiger partial charge in [0.25, 0.3) is 0 Å². The molecule has 0 aromatic heterocycles. The van der Waals surface area contributed by atoms with E-state index in [0.717, 1.165) is 43.0 Å². The molecule has 0 bridgehead atoms. The highest BCUT2D eigenvalue weighted by Gasteiger charge is 2.43. The molecule has 1 N–H and O–H groups in total. The second-order valence-electron chi connectivity index (χ2n) is 5.38.